The number of methoxy groups -OCH3 is 1. The molecule has 6 heteroatoms. The second-order valence-electron chi connectivity index (χ2n) is 3.99. The van der Waals surface area contributed by atoms with Crippen molar-refractivity contribution in [3.8, 4) is 11.6 Å². The van der Waals surface area contributed by atoms with E-state index in [1.165, 1.54) is 0 Å². The molecule has 3 N–H and O–H groups in total. The number of benzene rings is 1. The van der Waals surface area contributed by atoms with Gasteiger partial charge in [0.25, 0.3) is 0 Å². The van der Waals surface area contributed by atoms with E-state index in [0.29, 0.717) is 22.2 Å². The molecule has 0 radical (unpaired) electrons. The number of pyridine rings is 1. The Hall–Kier alpha value is -2.27. The summed E-state index contributed by atoms with van der Waals surface area (Å²) in [6, 6.07) is 8.76. The van der Waals surface area contributed by atoms with E-state index in [9.17, 15) is 0 Å². The summed E-state index contributed by atoms with van der Waals surface area (Å²) >= 11 is 6.03. The minimum absolute atomic E-state index is 0.135. The average molecular weight is 292 g/mol. The molecule has 20 heavy (non-hydrogen) atoms. The summed E-state index contributed by atoms with van der Waals surface area (Å²) in [5.74, 6) is 0.818. The fourth-order valence-electron chi connectivity index (χ4n) is 1.76. The van der Waals surface area contributed by atoms with Gasteiger partial charge in [0.1, 0.15) is 18.2 Å². The first-order valence-electron chi connectivity index (χ1n) is 5.87. The van der Waals surface area contributed by atoms with Crippen LogP contribution in [0, 0.1) is 5.41 Å². The third-order valence-electron chi connectivity index (χ3n) is 2.67. The molecule has 1 aromatic carbocycles. The Balaban J connectivity index is 2.23. The number of nitrogens with one attached hydrogen (secondary N) is 1. The molecule has 5 nitrogen and oxygen atoms in total. The van der Waals surface area contributed by atoms with Crippen molar-refractivity contribution in [3.63, 3.8) is 0 Å². The second kappa shape index (κ2) is 6.25. The first-order valence-corrected chi connectivity index (χ1v) is 6.25. The van der Waals surface area contributed by atoms with Gasteiger partial charge >= 0.3 is 0 Å². The molecular weight excluding hydrogens is 278 g/mol. The number of aromatic nitrogens is 1. The van der Waals surface area contributed by atoms with Crippen LogP contribution >= 0.6 is 11.6 Å². The van der Waals surface area contributed by atoms with E-state index in [2.05, 4.69) is 4.98 Å². The maximum absolute atomic E-state index is 7.55. The molecule has 2 aromatic rings. The molecular formula is C14H14ClN3O2. The predicted octanol–water partition coefficient (Wildman–Crippen LogP) is 2.61. The van der Waals surface area contributed by atoms with Gasteiger partial charge in [0.15, 0.2) is 0 Å². The van der Waals surface area contributed by atoms with E-state index in [-0.39, 0.29) is 12.4 Å². The van der Waals surface area contributed by atoms with Crippen molar-refractivity contribution in [1.29, 1.82) is 5.41 Å². The van der Waals surface area contributed by atoms with E-state index < -0.39 is 0 Å². The Morgan fingerprint density at radius 3 is 2.85 bits per heavy atom. The van der Waals surface area contributed by atoms with Crippen LogP contribution in [0.2, 0.25) is 5.02 Å². The number of nitrogens with zero attached hydrogens (tertiary/aromatic N) is 1. The van der Waals surface area contributed by atoms with Gasteiger partial charge in [0.05, 0.1) is 23.3 Å². The number of rotatable bonds is 5. The largest absolute Gasteiger partial charge is 0.488 e. The normalized spacial score (nSPS) is 10.1. The van der Waals surface area contributed by atoms with Crippen molar-refractivity contribution in [2.45, 2.75) is 6.61 Å². The topological polar surface area (TPSA) is 81.2 Å². The van der Waals surface area contributed by atoms with Crippen LogP contribution < -0.4 is 15.2 Å². The number of ether oxygens (including phenoxy) is 2. The molecule has 1 heterocycles. The summed E-state index contributed by atoms with van der Waals surface area (Å²) in [5, 5.41) is 7.94. The van der Waals surface area contributed by atoms with Crippen LogP contribution in [0.5, 0.6) is 11.6 Å². The van der Waals surface area contributed by atoms with Crippen LogP contribution in [0.3, 0.4) is 0 Å². The molecule has 0 saturated carbocycles. The van der Waals surface area contributed by atoms with Gasteiger partial charge in [0, 0.05) is 6.20 Å². The lowest BCUT2D eigenvalue weighted by Crippen LogP contribution is -2.14. The lowest BCUT2D eigenvalue weighted by molar-refractivity contribution is 0.293. The van der Waals surface area contributed by atoms with Gasteiger partial charge in [0.2, 0.25) is 5.88 Å². The van der Waals surface area contributed by atoms with Gasteiger partial charge in [-0.05, 0) is 24.3 Å². The summed E-state index contributed by atoms with van der Waals surface area (Å²) in [4.78, 5) is 4.09. The van der Waals surface area contributed by atoms with Gasteiger partial charge in [-0.1, -0.05) is 17.7 Å². The van der Waals surface area contributed by atoms with Crippen LogP contribution in [0.1, 0.15) is 11.1 Å². The molecule has 0 aliphatic carbocycles. The van der Waals surface area contributed by atoms with Crippen LogP contribution in [-0.2, 0) is 6.61 Å². The number of hydrogen-bond donors (Lipinski definition) is 2. The van der Waals surface area contributed by atoms with Crippen molar-refractivity contribution in [2.75, 3.05) is 7.11 Å². The summed E-state index contributed by atoms with van der Waals surface area (Å²) in [5.41, 5.74) is 6.70. The third kappa shape index (κ3) is 3.00. The first kappa shape index (κ1) is 14.1. The summed E-state index contributed by atoms with van der Waals surface area (Å²) in [6.07, 6.45) is 1.64. The van der Waals surface area contributed by atoms with Crippen molar-refractivity contribution >= 4 is 17.4 Å². The molecule has 1 aromatic heterocycles. The maximum Gasteiger partial charge on any atom is 0.219 e. The molecule has 0 unspecified atom stereocenters. The highest BCUT2D eigenvalue weighted by atomic mass is 35.5. The number of nitrogen functional groups attached to an aromatic ring is 1. The van der Waals surface area contributed by atoms with E-state index in [4.69, 9.17) is 32.2 Å². The van der Waals surface area contributed by atoms with E-state index in [1.54, 1.807) is 37.6 Å². The van der Waals surface area contributed by atoms with E-state index in [0.717, 1.165) is 5.56 Å². The molecule has 0 fully saturated rings. The summed E-state index contributed by atoms with van der Waals surface area (Å²) < 4.78 is 10.8. The summed E-state index contributed by atoms with van der Waals surface area (Å²) in [7, 11) is 1.55. The molecule has 0 aliphatic rings. The first-order chi connectivity index (χ1) is 9.63. The van der Waals surface area contributed by atoms with E-state index in [1.807, 2.05) is 6.07 Å². The van der Waals surface area contributed by atoms with Crippen LogP contribution in [0.25, 0.3) is 0 Å². The lowest BCUT2D eigenvalue weighted by Gasteiger charge is -2.13. The van der Waals surface area contributed by atoms with Gasteiger partial charge < -0.3 is 15.2 Å². The number of nitrogens with two attached hydrogens (primary N) is 1. The lowest BCUT2D eigenvalue weighted by atomic mass is 10.2. The SMILES string of the molecule is COc1ncccc1COc1cccc(Cl)c1C(=N)N. The van der Waals surface area contributed by atoms with E-state index >= 15 is 0 Å². The quantitative estimate of drug-likeness (QED) is 0.655. The predicted molar refractivity (Wildman–Crippen MR) is 77.6 cm³/mol. The maximum atomic E-state index is 7.55. The number of hydrogen-bond acceptors (Lipinski definition) is 4. The van der Waals surface area contributed by atoms with Crippen molar-refractivity contribution in [2.24, 2.45) is 5.73 Å². The Kier molecular flexibility index (Phi) is 4.42. The fourth-order valence-corrected chi connectivity index (χ4v) is 2.03. The zero-order chi connectivity index (χ0) is 14.5. The zero-order valence-electron chi connectivity index (χ0n) is 10.9. The summed E-state index contributed by atoms with van der Waals surface area (Å²) in [6.45, 7) is 0.248. The fraction of sp³-hybridized carbons (Fsp3) is 0.143. The number of amidine groups is 1. The molecule has 0 spiro atoms. The minimum Gasteiger partial charge on any atom is -0.488 e. The molecule has 0 amide bonds. The second-order valence-corrected chi connectivity index (χ2v) is 4.39. The minimum atomic E-state index is -0.135. The van der Waals surface area contributed by atoms with Gasteiger partial charge in [-0.3, -0.25) is 5.41 Å². The Bertz CT molecular complexity index is 632. The Morgan fingerprint density at radius 2 is 2.15 bits per heavy atom. The molecule has 0 saturated heterocycles. The van der Waals surface area contributed by atoms with Crippen molar-refractivity contribution in [1.82, 2.24) is 4.98 Å². The molecule has 0 bridgehead atoms. The third-order valence-corrected chi connectivity index (χ3v) is 2.99. The van der Waals surface area contributed by atoms with Crippen LogP contribution in [-0.4, -0.2) is 17.9 Å². The van der Waals surface area contributed by atoms with Crippen molar-refractivity contribution in [3.05, 3.63) is 52.7 Å². The highest BCUT2D eigenvalue weighted by Gasteiger charge is 2.12. The molecule has 0 atom stereocenters. The van der Waals surface area contributed by atoms with Gasteiger partial charge in [-0.15, -0.1) is 0 Å². The monoisotopic (exact) mass is 291 g/mol. The highest BCUT2D eigenvalue weighted by molar-refractivity contribution is 6.34. The molecule has 104 valence electrons. The smallest absolute Gasteiger partial charge is 0.219 e. The van der Waals surface area contributed by atoms with Crippen molar-refractivity contribution < 1.29 is 9.47 Å². The van der Waals surface area contributed by atoms with Crippen LogP contribution in [0.15, 0.2) is 36.5 Å². The molecule has 2 rings (SSSR count). The highest BCUT2D eigenvalue weighted by Crippen LogP contribution is 2.27. The zero-order valence-corrected chi connectivity index (χ0v) is 11.6. The van der Waals surface area contributed by atoms with Gasteiger partial charge in [-0.2, -0.15) is 0 Å². The number of halogens is 1. The van der Waals surface area contributed by atoms with Gasteiger partial charge in [-0.25, -0.2) is 4.98 Å². The Labute approximate surface area is 121 Å². The standard InChI is InChI=1S/C14H14ClN3O2/c1-19-14-9(4-3-7-18-14)8-20-11-6-2-5-10(15)12(11)13(16)17/h2-7H,8H2,1H3,(H3,16,17). The van der Waals surface area contributed by atoms with Crippen LogP contribution in [0.4, 0.5) is 0 Å². The molecule has 0 aliphatic heterocycles. The average Bonchev–Trinajstić information content (AvgIpc) is 2.45. The Morgan fingerprint density at radius 1 is 1.35 bits per heavy atom.